The summed E-state index contributed by atoms with van der Waals surface area (Å²) in [5.74, 6) is 0.693. The summed E-state index contributed by atoms with van der Waals surface area (Å²) >= 11 is 0. The quantitative estimate of drug-likeness (QED) is 0.673. The summed E-state index contributed by atoms with van der Waals surface area (Å²) in [5, 5.41) is 0. The third kappa shape index (κ3) is 2.95. The third-order valence-corrected chi connectivity index (χ3v) is 2.93. The van der Waals surface area contributed by atoms with E-state index in [9.17, 15) is 0 Å². The highest BCUT2D eigenvalue weighted by Gasteiger charge is 1.98. The van der Waals surface area contributed by atoms with Crippen LogP contribution >= 0.6 is 0 Å². The van der Waals surface area contributed by atoms with Crippen molar-refractivity contribution in [1.29, 1.82) is 0 Å². The maximum Gasteiger partial charge on any atom is 0.162 e. The van der Waals surface area contributed by atoms with Crippen LogP contribution in [0.25, 0.3) is 23.5 Å². The maximum atomic E-state index is 4.13. The van der Waals surface area contributed by atoms with E-state index in [4.69, 9.17) is 0 Å². The van der Waals surface area contributed by atoms with E-state index < -0.39 is 0 Å². The van der Waals surface area contributed by atoms with E-state index in [2.05, 4.69) is 51.4 Å². The molecule has 0 atom stereocenters. The summed E-state index contributed by atoms with van der Waals surface area (Å²) in [5.41, 5.74) is 3.32. The van der Waals surface area contributed by atoms with Crippen LogP contribution < -0.4 is 0 Å². The lowest BCUT2D eigenvalue weighted by atomic mass is 10.1. The minimum absolute atomic E-state index is 0.693. The second kappa shape index (κ2) is 5.89. The molecule has 0 aliphatic rings. The Hall–Kier alpha value is -2.81. The van der Waals surface area contributed by atoms with E-state index in [-0.39, 0.29) is 0 Å². The van der Waals surface area contributed by atoms with Crippen molar-refractivity contribution in [3.8, 4) is 11.4 Å². The molecular formula is C17H13N3. The summed E-state index contributed by atoms with van der Waals surface area (Å²) in [6, 6.07) is 18.4. The van der Waals surface area contributed by atoms with E-state index >= 15 is 0 Å². The monoisotopic (exact) mass is 259 g/mol. The topological polar surface area (TPSA) is 38.7 Å². The largest absolute Gasteiger partial charge is 0.225 e. The molecule has 0 spiro atoms. The Morgan fingerprint density at radius 2 is 1.25 bits per heavy atom. The Bertz CT molecular complexity index is 689. The van der Waals surface area contributed by atoms with E-state index in [0.717, 1.165) is 11.1 Å². The predicted octanol–water partition coefficient (Wildman–Crippen LogP) is 3.71. The second-order valence-corrected chi connectivity index (χ2v) is 4.33. The Kier molecular flexibility index (Phi) is 3.60. The molecule has 20 heavy (non-hydrogen) atoms. The van der Waals surface area contributed by atoms with Gasteiger partial charge in [-0.2, -0.15) is 0 Å². The molecule has 3 heteroatoms. The molecule has 3 rings (SSSR count). The molecule has 0 fully saturated rings. The van der Waals surface area contributed by atoms with Gasteiger partial charge in [0.25, 0.3) is 0 Å². The highest BCUT2D eigenvalue weighted by molar-refractivity contribution is 5.70. The fraction of sp³-hybridized carbons (Fsp3) is 0. The van der Waals surface area contributed by atoms with Crippen LogP contribution in [0.5, 0.6) is 0 Å². The minimum atomic E-state index is 0.693. The zero-order chi connectivity index (χ0) is 13.6. The van der Waals surface area contributed by atoms with Crippen molar-refractivity contribution in [2.45, 2.75) is 0 Å². The molecule has 2 aromatic carbocycles. The lowest BCUT2D eigenvalue weighted by Crippen LogP contribution is -1.88. The molecule has 0 unspecified atom stereocenters. The van der Waals surface area contributed by atoms with Gasteiger partial charge in [0, 0.05) is 5.56 Å². The predicted molar refractivity (Wildman–Crippen MR) is 80.6 cm³/mol. The SMILES string of the molecule is C(=C\c1ccc(-c2ncncn2)cc1)/c1ccccc1. The molecule has 3 nitrogen and oxygen atoms in total. The van der Waals surface area contributed by atoms with Crippen molar-refractivity contribution in [3.63, 3.8) is 0 Å². The number of benzene rings is 2. The average molecular weight is 259 g/mol. The molecule has 0 bridgehead atoms. The number of hydrogen-bond acceptors (Lipinski definition) is 3. The van der Waals surface area contributed by atoms with Crippen LogP contribution in [0.15, 0.2) is 67.3 Å². The van der Waals surface area contributed by atoms with E-state index in [1.165, 1.54) is 18.2 Å². The molecule has 0 radical (unpaired) electrons. The zero-order valence-electron chi connectivity index (χ0n) is 10.8. The zero-order valence-corrected chi connectivity index (χ0v) is 10.8. The number of hydrogen-bond donors (Lipinski definition) is 0. The first-order valence-electron chi connectivity index (χ1n) is 6.37. The normalized spacial score (nSPS) is 10.8. The molecule has 0 amide bonds. The fourth-order valence-electron chi connectivity index (χ4n) is 1.89. The Balaban J connectivity index is 1.79. The van der Waals surface area contributed by atoms with Crippen LogP contribution in [0.4, 0.5) is 0 Å². The van der Waals surface area contributed by atoms with Gasteiger partial charge in [0.1, 0.15) is 12.7 Å². The van der Waals surface area contributed by atoms with Crippen LogP contribution in [0, 0.1) is 0 Å². The van der Waals surface area contributed by atoms with Crippen LogP contribution in [0.2, 0.25) is 0 Å². The molecule has 96 valence electrons. The lowest BCUT2D eigenvalue weighted by molar-refractivity contribution is 1.06. The molecule has 3 aromatic rings. The van der Waals surface area contributed by atoms with E-state index in [0.29, 0.717) is 5.82 Å². The number of nitrogens with zero attached hydrogens (tertiary/aromatic N) is 3. The van der Waals surface area contributed by atoms with Gasteiger partial charge in [-0.3, -0.25) is 0 Å². The summed E-state index contributed by atoms with van der Waals surface area (Å²) in [4.78, 5) is 12.1. The lowest BCUT2D eigenvalue weighted by Gasteiger charge is -1.99. The summed E-state index contributed by atoms with van der Waals surface area (Å²) in [7, 11) is 0. The smallest absolute Gasteiger partial charge is 0.162 e. The van der Waals surface area contributed by atoms with Crippen molar-refractivity contribution in [2.24, 2.45) is 0 Å². The first-order valence-corrected chi connectivity index (χ1v) is 6.37. The van der Waals surface area contributed by atoms with Gasteiger partial charge in [0.15, 0.2) is 5.82 Å². The molecule has 0 N–H and O–H groups in total. The number of rotatable bonds is 3. The van der Waals surface area contributed by atoms with Gasteiger partial charge in [-0.1, -0.05) is 66.7 Å². The molecule has 0 saturated heterocycles. The maximum absolute atomic E-state index is 4.13. The molecule has 0 aliphatic heterocycles. The average Bonchev–Trinajstić information content (AvgIpc) is 2.55. The van der Waals surface area contributed by atoms with Crippen molar-refractivity contribution in [2.75, 3.05) is 0 Å². The van der Waals surface area contributed by atoms with Crippen molar-refractivity contribution < 1.29 is 0 Å². The third-order valence-electron chi connectivity index (χ3n) is 2.93. The van der Waals surface area contributed by atoms with Gasteiger partial charge in [0.2, 0.25) is 0 Å². The van der Waals surface area contributed by atoms with Gasteiger partial charge in [-0.15, -0.1) is 0 Å². The summed E-state index contributed by atoms with van der Waals surface area (Å²) < 4.78 is 0. The van der Waals surface area contributed by atoms with Crippen LogP contribution in [0.3, 0.4) is 0 Å². The van der Waals surface area contributed by atoms with Gasteiger partial charge in [0.05, 0.1) is 0 Å². The van der Waals surface area contributed by atoms with Gasteiger partial charge in [-0.25, -0.2) is 15.0 Å². The molecule has 1 heterocycles. The van der Waals surface area contributed by atoms with Crippen molar-refractivity contribution in [1.82, 2.24) is 15.0 Å². The standard InChI is InChI=1S/C17H13N3/c1-2-4-14(5-3-1)6-7-15-8-10-16(11-9-15)17-19-12-18-13-20-17/h1-13H/b7-6+. The van der Waals surface area contributed by atoms with Crippen molar-refractivity contribution in [3.05, 3.63) is 78.4 Å². The number of aromatic nitrogens is 3. The summed E-state index contributed by atoms with van der Waals surface area (Å²) in [6.45, 7) is 0. The summed E-state index contributed by atoms with van der Waals surface area (Å²) in [6.07, 6.45) is 7.20. The van der Waals surface area contributed by atoms with E-state index in [1.807, 2.05) is 30.3 Å². The molecule has 1 aromatic heterocycles. The highest BCUT2D eigenvalue weighted by Crippen LogP contribution is 2.15. The Morgan fingerprint density at radius 1 is 0.650 bits per heavy atom. The first-order chi connectivity index (χ1) is 9.92. The van der Waals surface area contributed by atoms with Gasteiger partial charge in [-0.05, 0) is 11.1 Å². The molecule has 0 saturated carbocycles. The fourth-order valence-corrected chi connectivity index (χ4v) is 1.89. The van der Waals surface area contributed by atoms with Crippen LogP contribution in [-0.2, 0) is 0 Å². The second-order valence-electron chi connectivity index (χ2n) is 4.33. The molecule has 0 aliphatic carbocycles. The minimum Gasteiger partial charge on any atom is -0.225 e. The van der Waals surface area contributed by atoms with Crippen LogP contribution in [-0.4, -0.2) is 15.0 Å². The van der Waals surface area contributed by atoms with Crippen molar-refractivity contribution >= 4 is 12.2 Å². The van der Waals surface area contributed by atoms with Crippen LogP contribution in [0.1, 0.15) is 11.1 Å². The Morgan fingerprint density at radius 3 is 1.90 bits per heavy atom. The van der Waals surface area contributed by atoms with Gasteiger partial charge < -0.3 is 0 Å². The Labute approximate surface area is 117 Å². The van der Waals surface area contributed by atoms with E-state index in [1.54, 1.807) is 0 Å². The highest BCUT2D eigenvalue weighted by atomic mass is 15.0. The first kappa shape index (κ1) is 12.2. The molecular weight excluding hydrogens is 246 g/mol. The van der Waals surface area contributed by atoms with Gasteiger partial charge >= 0.3 is 0 Å².